The van der Waals surface area contributed by atoms with Gasteiger partial charge in [-0.05, 0) is 44.1 Å². The molecule has 1 aromatic heterocycles. The maximum atomic E-state index is 10.2. The van der Waals surface area contributed by atoms with E-state index in [1.807, 2.05) is 24.3 Å². The Morgan fingerprint density at radius 3 is 2.45 bits per heavy atom. The normalized spacial score (nSPS) is 22.8. The Kier molecular flexibility index (Phi) is 4.52. The highest BCUT2D eigenvalue weighted by molar-refractivity contribution is 5.66. The van der Waals surface area contributed by atoms with Crippen LogP contribution in [-0.2, 0) is 18.3 Å². The molecule has 1 saturated carbocycles. The van der Waals surface area contributed by atoms with Gasteiger partial charge < -0.3 is 5.32 Å². The van der Waals surface area contributed by atoms with Crippen LogP contribution < -0.4 is 5.32 Å². The standard InChI is InChI=1S/C25H24N4/c26-17-25(19-11-5-2-6-12-19)16-8-15-22(25)28-24-27-21-14-7-13-20(21)23(29-24)18-9-3-1-4-10-18/h1-6,9-12,22H,7-8,13-16H2,(H,27,28,29). The van der Waals surface area contributed by atoms with Crippen molar-refractivity contribution in [3.63, 3.8) is 0 Å². The van der Waals surface area contributed by atoms with Gasteiger partial charge in [-0.25, -0.2) is 9.97 Å². The fraction of sp³-hybridized carbons (Fsp3) is 0.320. The van der Waals surface area contributed by atoms with Crippen LogP contribution in [0.25, 0.3) is 11.3 Å². The van der Waals surface area contributed by atoms with Gasteiger partial charge in [-0.15, -0.1) is 0 Å². The van der Waals surface area contributed by atoms with E-state index in [0.29, 0.717) is 5.95 Å². The van der Waals surface area contributed by atoms with Crippen molar-refractivity contribution < 1.29 is 0 Å². The van der Waals surface area contributed by atoms with Gasteiger partial charge in [-0.2, -0.15) is 5.26 Å². The van der Waals surface area contributed by atoms with Gasteiger partial charge in [0, 0.05) is 16.8 Å². The highest BCUT2D eigenvalue weighted by Gasteiger charge is 2.45. The molecule has 1 N–H and O–H groups in total. The van der Waals surface area contributed by atoms with Crippen LogP contribution in [0.4, 0.5) is 5.95 Å². The van der Waals surface area contributed by atoms with Crippen molar-refractivity contribution in [2.45, 2.75) is 50.0 Å². The highest BCUT2D eigenvalue weighted by Crippen LogP contribution is 2.42. The summed E-state index contributed by atoms with van der Waals surface area (Å²) in [5, 5.41) is 13.8. The molecule has 0 amide bonds. The van der Waals surface area contributed by atoms with Crippen LogP contribution in [0.5, 0.6) is 0 Å². The zero-order chi connectivity index (χ0) is 19.7. The number of nitrogens with zero attached hydrogens (tertiary/aromatic N) is 3. The fourth-order valence-corrected chi connectivity index (χ4v) is 4.97. The molecule has 2 aliphatic rings. The second-order valence-corrected chi connectivity index (χ2v) is 8.08. The quantitative estimate of drug-likeness (QED) is 0.687. The predicted molar refractivity (Wildman–Crippen MR) is 114 cm³/mol. The minimum absolute atomic E-state index is 0.0120. The number of benzene rings is 2. The Labute approximate surface area is 171 Å². The van der Waals surface area contributed by atoms with Crippen molar-refractivity contribution in [1.29, 1.82) is 5.26 Å². The maximum Gasteiger partial charge on any atom is 0.223 e. The largest absolute Gasteiger partial charge is 0.350 e. The fourth-order valence-electron chi connectivity index (χ4n) is 4.97. The molecule has 1 fully saturated rings. The van der Waals surface area contributed by atoms with E-state index in [-0.39, 0.29) is 6.04 Å². The van der Waals surface area contributed by atoms with Crippen molar-refractivity contribution in [3.8, 4) is 17.3 Å². The molecule has 4 heteroatoms. The minimum atomic E-state index is -0.531. The van der Waals surface area contributed by atoms with Gasteiger partial charge in [0.05, 0.1) is 17.8 Å². The third-order valence-electron chi connectivity index (χ3n) is 6.43. The van der Waals surface area contributed by atoms with Crippen LogP contribution >= 0.6 is 0 Å². The highest BCUT2D eigenvalue weighted by atomic mass is 15.1. The Hall–Kier alpha value is -3.19. The first-order valence-electron chi connectivity index (χ1n) is 10.5. The summed E-state index contributed by atoms with van der Waals surface area (Å²) in [6.45, 7) is 0. The molecule has 1 heterocycles. The van der Waals surface area contributed by atoms with Gasteiger partial charge in [-0.3, -0.25) is 0 Å². The summed E-state index contributed by atoms with van der Waals surface area (Å²) in [6.07, 6.45) is 6.00. The van der Waals surface area contributed by atoms with Gasteiger partial charge >= 0.3 is 0 Å². The average molecular weight is 380 g/mol. The van der Waals surface area contributed by atoms with Crippen LogP contribution in [0.3, 0.4) is 0 Å². The minimum Gasteiger partial charge on any atom is -0.350 e. The lowest BCUT2D eigenvalue weighted by Gasteiger charge is -2.30. The number of anilines is 1. The second kappa shape index (κ2) is 7.33. The SMILES string of the molecule is N#CC1(c2ccccc2)CCCC1Nc1nc2c(c(-c3ccccc3)n1)CCC2. The summed E-state index contributed by atoms with van der Waals surface area (Å²) in [7, 11) is 0. The number of nitrogens with one attached hydrogen (secondary N) is 1. The smallest absolute Gasteiger partial charge is 0.223 e. The van der Waals surface area contributed by atoms with E-state index in [1.165, 1.54) is 5.56 Å². The van der Waals surface area contributed by atoms with Crippen LogP contribution in [0.2, 0.25) is 0 Å². The van der Waals surface area contributed by atoms with E-state index in [0.717, 1.165) is 61.0 Å². The molecule has 0 bridgehead atoms. The summed E-state index contributed by atoms with van der Waals surface area (Å²) >= 11 is 0. The number of fused-ring (bicyclic) bond motifs is 1. The molecular weight excluding hydrogens is 356 g/mol. The molecule has 0 saturated heterocycles. The second-order valence-electron chi connectivity index (χ2n) is 8.08. The van der Waals surface area contributed by atoms with Gasteiger partial charge in [0.2, 0.25) is 5.95 Å². The van der Waals surface area contributed by atoms with Crippen LogP contribution in [0, 0.1) is 11.3 Å². The number of rotatable bonds is 4. The van der Waals surface area contributed by atoms with Crippen LogP contribution in [0.1, 0.15) is 42.5 Å². The maximum absolute atomic E-state index is 10.2. The molecule has 29 heavy (non-hydrogen) atoms. The number of nitriles is 1. The zero-order valence-corrected chi connectivity index (χ0v) is 16.4. The Bertz CT molecular complexity index is 1060. The Morgan fingerprint density at radius 2 is 1.69 bits per heavy atom. The summed E-state index contributed by atoms with van der Waals surface area (Å²) in [6, 6.07) is 23.2. The van der Waals surface area contributed by atoms with Crippen molar-refractivity contribution in [2.24, 2.45) is 0 Å². The summed E-state index contributed by atoms with van der Waals surface area (Å²) in [4.78, 5) is 9.80. The molecule has 0 radical (unpaired) electrons. The van der Waals surface area contributed by atoms with E-state index in [9.17, 15) is 5.26 Å². The third kappa shape index (κ3) is 3.07. The Balaban J connectivity index is 1.53. The first-order chi connectivity index (χ1) is 14.3. The lowest BCUT2D eigenvalue weighted by molar-refractivity contribution is 0.520. The van der Waals surface area contributed by atoms with E-state index in [2.05, 4.69) is 47.8 Å². The molecule has 144 valence electrons. The molecule has 3 aromatic rings. The van der Waals surface area contributed by atoms with Gasteiger partial charge in [0.25, 0.3) is 0 Å². The number of hydrogen-bond acceptors (Lipinski definition) is 4. The molecule has 2 aromatic carbocycles. The molecule has 4 nitrogen and oxygen atoms in total. The van der Waals surface area contributed by atoms with Crippen molar-refractivity contribution in [1.82, 2.24) is 9.97 Å². The molecule has 5 rings (SSSR count). The summed E-state index contributed by atoms with van der Waals surface area (Å²) < 4.78 is 0. The van der Waals surface area contributed by atoms with Gasteiger partial charge in [0.1, 0.15) is 5.41 Å². The molecule has 2 aliphatic carbocycles. The molecule has 2 unspecified atom stereocenters. The summed E-state index contributed by atoms with van der Waals surface area (Å²) in [5.74, 6) is 0.659. The lowest BCUT2D eigenvalue weighted by Crippen LogP contribution is -2.39. The molecule has 2 atom stereocenters. The predicted octanol–water partition coefficient (Wildman–Crippen LogP) is 5.06. The zero-order valence-electron chi connectivity index (χ0n) is 16.4. The van der Waals surface area contributed by atoms with Crippen LogP contribution in [0.15, 0.2) is 60.7 Å². The number of aryl methyl sites for hydroxylation is 1. The van der Waals surface area contributed by atoms with Gasteiger partial charge in [-0.1, -0.05) is 60.7 Å². The van der Waals surface area contributed by atoms with Crippen molar-refractivity contribution >= 4 is 5.95 Å². The topological polar surface area (TPSA) is 61.6 Å². The van der Waals surface area contributed by atoms with E-state index >= 15 is 0 Å². The van der Waals surface area contributed by atoms with E-state index in [1.54, 1.807) is 0 Å². The molecular formula is C25H24N4. The lowest BCUT2D eigenvalue weighted by atomic mass is 9.77. The van der Waals surface area contributed by atoms with Gasteiger partial charge in [0.15, 0.2) is 0 Å². The monoisotopic (exact) mass is 380 g/mol. The third-order valence-corrected chi connectivity index (χ3v) is 6.43. The average Bonchev–Trinajstić information content (AvgIpc) is 3.42. The molecule has 0 spiro atoms. The summed E-state index contributed by atoms with van der Waals surface area (Å²) in [5.41, 5.74) is 5.16. The van der Waals surface area contributed by atoms with E-state index < -0.39 is 5.41 Å². The number of hydrogen-bond donors (Lipinski definition) is 1. The Morgan fingerprint density at radius 1 is 0.931 bits per heavy atom. The van der Waals surface area contributed by atoms with Crippen LogP contribution in [-0.4, -0.2) is 16.0 Å². The first kappa shape index (κ1) is 17.9. The van der Waals surface area contributed by atoms with Crippen molar-refractivity contribution in [3.05, 3.63) is 77.5 Å². The first-order valence-corrected chi connectivity index (χ1v) is 10.5. The number of aromatic nitrogens is 2. The molecule has 0 aliphatic heterocycles. The van der Waals surface area contributed by atoms with E-state index in [4.69, 9.17) is 9.97 Å². The van der Waals surface area contributed by atoms with Crippen molar-refractivity contribution in [2.75, 3.05) is 5.32 Å².